The van der Waals surface area contributed by atoms with Crippen molar-refractivity contribution in [1.82, 2.24) is 10.3 Å². The van der Waals surface area contributed by atoms with E-state index in [9.17, 15) is 4.79 Å². The molecule has 1 aromatic carbocycles. The smallest absolute Gasteiger partial charge is 0.272 e. The molecule has 8 heteroatoms. The van der Waals surface area contributed by atoms with Gasteiger partial charge in [0.25, 0.3) is 5.91 Å². The van der Waals surface area contributed by atoms with E-state index in [4.69, 9.17) is 9.57 Å². The normalized spacial score (nSPS) is 12.9. The Kier molecular flexibility index (Phi) is 7.93. The molecule has 0 aliphatic carbocycles. The summed E-state index contributed by atoms with van der Waals surface area (Å²) in [7, 11) is -0.00684. The second-order valence-corrected chi connectivity index (χ2v) is 14.0. The Labute approximate surface area is 183 Å². The molecule has 0 saturated heterocycles. The third kappa shape index (κ3) is 7.39. The van der Waals surface area contributed by atoms with Crippen LogP contribution in [-0.4, -0.2) is 49.5 Å². The predicted molar refractivity (Wildman–Crippen MR) is 128 cm³/mol. The minimum absolute atomic E-state index is 0.247. The highest BCUT2D eigenvalue weighted by Gasteiger charge is 2.26. The molecule has 6 nitrogen and oxygen atoms in total. The topological polar surface area (TPSA) is 72.8 Å². The number of thioether (sulfide) groups is 1. The summed E-state index contributed by atoms with van der Waals surface area (Å²) in [6.07, 6.45) is 5.15. The van der Waals surface area contributed by atoms with Crippen molar-refractivity contribution in [3.8, 4) is 17.2 Å². The van der Waals surface area contributed by atoms with Crippen molar-refractivity contribution >= 4 is 42.9 Å². The van der Waals surface area contributed by atoms with E-state index in [0.717, 1.165) is 16.5 Å². The van der Waals surface area contributed by atoms with Crippen LogP contribution in [0.5, 0.6) is 5.75 Å². The summed E-state index contributed by atoms with van der Waals surface area (Å²) < 4.78 is 5.96. The highest BCUT2D eigenvalue weighted by atomic mass is 32.2. The van der Waals surface area contributed by atoms with Gasteiger partial charge in [0.15, 0.2) is 0 Å². The molecule has 0 radical (unpaired) electrons. The lowest BCUT2D eigenvalue weighted by molar-refractivity contribution is -0.125. The number of amides is 1. The molecular formula is C22H29N3O3SSi. The number of pyridine rings is 1. The van der Waals surface area contributed by atoms with E-state index in [1.807, 2.05) is 44.4 Å². The first kappa shape index (κ1) is 23.8. The van der Waals surface area contributed by atoms with Gasteiger partial charge in [-0.1, -0.05) is 30.7 Å². The van der Waals surface area contributed by atoms with Crippen molar-refractivity contribution in [1.29, 1.82) is 0 Å². The van der Waals surface area contributed by atoms with Crippen molar-refractivity contribution in [3.05, 3.63) is 36.0 Å². The zero-order chi connectivity index (χ0) is 22.4. The molecule has 1 atom stereocenters. The van der Waals surface area contributed by atoms with Gasteiger partial charge >= 0.3 is 0 Å². The predicted octanol–water partition coefficient (Wildman–Crippen LogP) is 4.06. The van der Waals surface area contributed by atoms with Crippen LogP contribution >= 0.6 is 11.8 Å². The van der Waals surface area contributed by atoms with Gasteiger partial charge in [-0.2, -0.15) is 0 Å². The molecule has 2 rings (SSSR count). The number of benzene rings is 1. The van der Waals surface area contributed by atoms with E-state index in [1.54, 1.807) is 6.20 Å². The van der Waals surface area contributed by atoms with Crippen molar-refractivity contribution in [2.24, 2.45) is 5.16 Å². The number of nitrogens with zero attached hydrogens (tertiary/aromatic N) is 2. The maximum absolute atomic E-state index is 12.7. The highest BCUT2D eigenvalue weighted by Crippen LogP contribution is 2.23. The number of carbonyl (C=O) groups excluding carboxylic acids is 1. The Balaban J connectivity index is 2.20. The van der Waals surface area contributed by atoms with Crippen LogP contribution in [0, 0.1) is 11.5 Å². The zero-order valence-corrected chi connectivity index (χ0v) is 20.4. The van der Waals surface area contributed by atoms with E-state index in [-0.39, 0.29) is 5.91 Å². The van der Waals surface area contributed by atoms with Crippen LogP contribution in [0.1, 0.15) is 19.4 Å². The number of nitrogens with one attached hydrogen (secondary N) is 1. The molecule has 0 aliphatic rings. The van der Waals surface area contributed by atoms with E-state index in [0.29, 0.717) is 5.75 Å². The SMILES string of the molecule is CO/N=C/C(C)(C)NC(=O)C(Oc1ccc2ncc(C#C[Si](C)(C)C)cc2c1)SC. The second kappa shape index (κ2) is 10.0. The number of carbonyl (C=O) groups is 1. The molecule has 1 aromatic heterocycles. The van der Waals surface area contributed by atoms with Crippen LogP contribution in [0.3, 0.4) is 0 Å². The monoisotopic (exact) mass is 443 g/mol. The minimum Gasteiger partial charge on any atom is -0.470 e. The lowest BCUT2D eigenvalue weighted by Crippen LogP contribution is -2.49. The fourth-order valence-corrected chi connectivity index (χ4v) is 3.44. The lowest BCUT2D eigenvalue weighted by atomic mass is 10.1. The number of hydrogen-bond donors (Lipinski definition) is 1. The highest BCUT2D eigenvalue weighted by molar-refractivity contribution is 7.99. The minimum atomic E-state index is -1.46. The quantitative estimate of drug-likeness (QED) is 0.230. The van der Waals surface area contributed by atoms with Crippen LogP contribution in [-0.2, 0) is 9.63 Å². The maximum atomic E-state index is 12.7. The van der Waals surface area contributed by atoms with Gasteiger partial charge < -0.3 is 14.9 Å². The Morgan fingerprint density at radius 1 is 1.33 bits per heavy atom. The molecule has 1 amide bonds. The van der Waals surface area contributed by atoms with E-state index in [2.05, 4.69) is 46.6 Å². The molecule has 1 N–H and O–H groups in total. The third-order valence-corrected chi connectivity index (χ3v) is 5.45. The number of oxime groups is 1. The number of fused-ring (bicyclic) bond motifs is 1. The van der Waals surface area contributed by atoms with Crippen LogP contribution < -0.4 is 10.1 Å². The molecule has 0 fully saturated rings. The van der Waals surface area contributed by atoms with E-state index in [1.165, 1.54) is 25.1 Å². The zero-order valence-electron chi connectivity index (χ0n) is 18.6. The van der Waals surface area contributed by atoms with Crippen LogP contribution in [0.4, 0.5) is 0 Å². The molecular weight excluding hydrogens is 414 g/mol. The average molecular weight is 444 g/mol. The number of ether oxygens (including phenoxy) is 1. The Morgan fingerprint density at radius 2 is 2.07 bits per heavy atom. The van der Waals surface area contributed by atoms with Gasteiger partial charge in [0.1, 0.15) is 20.9 Å². The summed E-state index contributed by atoms with van der Waals surface area (Å²) in [6.45, 7) is 10.3. The summed E-state index contributed by atoms with van der Waals surface area (Å²) in [5, 5.41) is 7.55. The van der Waals surface area contributed by atoms with Crippen molar-refractivity contribution in [3.63, 3.8) is 0 Å². The third-order valence-electron chi connectivity index (χ3n) is 3.83. The van der Waals surface area contributed by atoms with Crippen LogP contribution in [0.25, 0.3) is 10.9 Å². The van der Waals surface area contributed by atoms with Gasteiger partial charge in [0.05, 0.1) is 17.3 Å². The van der Waals surface area contributed by atoms with Crippen molar-refractivity contribution in [2.75, 3.05) is 13.4 Å². The standard InChI is InChI=1S/C22H29N3O3SSi/c1-22(2,15-24-27-3)25-20(26)21(29-4)28-18-8-9-19-17(13-18)12-16(14-23-19)10-11-30(5,6)7/h8-9,12-15,21H,1-7H3,(H,25,26)/b24-15+. The summed E-state index contributed by atoms with van der Waals surface area (Å²) in [5.41, 5.74) is 3.70. The first-order valence-electron chi connectivity index (χ1n) is 9.55. The van der Waals surface area contributed by atoms with Crippen molar-refractivity contribution < 1.29 is 14.4 Å². The van der Waals surface area contributed by atoms with Crippen LogP contribution in [0.15, 0.2) is 35.6 Å². The molecule has 30 heavy (non-hydrogen) atoms. The van der Waals surface area contributed by atoms with Crippen molar-refractivity contribution in [2.45, 2.75) is 44.5 Å². The number of aromatic nitrogens is 1. The molecule has 1 unspecified atom stereocenters. The van der Waals surface area contributed by atoms with Gasteiger partial charge in [-0.3, -0.25) is 9.78 Å². The molecule has 160 valence electrons. The van der Waals surface area contributed by atoms with E-state index >= 15 is 0 Å². The summed E-state index contributed by atoms with van der Waals surface area (Å²) in [4.78, 5) is 21.8. The lowest BCUT2D eigenvalue weighted by Gasteiger charge is -2.24. The van der Waals surface area contributed by atoms with Gasteiger partial charge in [0.2, 0.25) is 5.44 Å². The molecule has 0 spiro atoms. The fraction of sp³-hybridized carbons (Fsp3) is 0.409. The first-order valence-corrected chi connectivity index (χ1v) is 14.3. The number of rotatable bonds is 7. The van der Waals surface area contributed by atoms with Gasteiger partial charge in [-0.05, 0) is 44.4 Å². The summed E-state index contributed by atoms with van der Waals surface area (Å²) in [5.74, 6) is 3.57. The average Bonchev–Trinajstić information content (AvgIpc) is 2.67. The Hall–Kier alpha value is -2.50. The molecule has 2 aromatic rings. The fourth-order valence-electron chi connectivity index (χ4n) is 2.44. The summed E-state index contributed by atoms with van der Waals surface area (Å²) >= 11 is 1.31. The van der Waals surface area contributed by atoms with E-state index < -0.39 is 19.0 Å². The largest absolute Gasteiger partial charge is 0.470 e. The van der Waals surface area contributed by atoms with Gasteiger partial charge in [-0.15, -0.1) is 17.3 Å². The molecule has 0 saturated carbocycles. The Bertz CT molecular complexity index is 991. The number of hydrogen-bond acceptors (Lipinski definition) is 6. The molecule has 1 heterocycles. The van der Waals surface area contributed by atoms with Crippen LogP contribution in [0.2, 0.25) is 19.6 Å². The molecule has 0 bridgehead atoms. The van der Waals surface area contributed by atoms with Gasteiger partial charge in [0, 0.05) is 17.1 Å². The van der Waals surface area contributed by atoms with Gasteiger partial charge in [-0.25, -0.2) is 0 Å². The molecule has 0 aliphatic heterocycles. The summed E-state index contributed by atoms with van der Waals surface area (Å²) in [6, 6.07) is 7.58. The Morgan fingerprint density at radius 3 is 2.70 bits per heavy atom. The first-order chi connectivity index (χ1) is 14.0. The second-order valence-electron chi connectivity index (χ2n) is 8.39. The maximum Gasteiger partial charge on any atom is 0.272 e.